The highest BCUT2D eigenvalue weighted by Gasteiger charge is 2.51. The molecule has 1 aliphatic carbocycles. The molecule has 0 radical (unpaired) electrons. The van der Waals surface area contributed by atoms with Gasteiger partial charge in [0, 0.05) is 27.6 Å². The van der Waals surface area contributed by atoms with Crippen LogP contribution in [-0.4, -0.2) is 0 Å². The summed E-state index contributed by atoms with van der Waals surface area (Å²) < 4.78 is 6.59. The molecule has 11 rings (SSSR count). The molecule has 53 heavy (non-hydrogen) atoms. The summed E-state index contributed by atoms with van der Waals surface area (Å²) in [6, 6.07) is 72.7. The first kappa shape index (κ1) is 29.8. The lowest BCUT2D eigenvalue weighted by Crippen LogP contribution is -2.32. The van der Waals surface area contributed by atoms with Gasteiger partial charge in [-0.15, -0.1) is 0 Å². The lowest BCUT2D eigenvalue weighted by Gasteiger charge is -2.39. The van der Waals surface area contributed by atoms with E-state index in [0.29, 0.717) is 0 Å². The van der Waals surface area contributed by atoms with Crippen molar-refractivity contribution in [1.29, 1.82) is 0 Å². The molecule has 248 valence electrons. The normalized spacial score (nSPS) is 13.2. The average Bonchev–Trinajstić information content (AvgIpc) is 3.51. The molecule has 2 heteroatoms. The van der Waals surface area contributed by atoms with Crippen LogP contribution in [0.15, 0.2) is 200 Å². The minimum absolute atomic E-state index is 0.510. The third kappa shape index (κ3) is 4.27. The molecule has 0 aromatic heterocycles. The van der Waals surface area contributed by atoms with Crippen molar-refractivity contribution in [1.82, 2.24) is 0 Å². The van der Waals surface area contributed by atoms with Crippen molar-refractivity contribution in [3.63, 3.8) is 0 Å². The Morgan fingerprint density at radius 2 is 0.943 bits per heavy atom. The van der Waals surface area contributed by atoms with Gasteiger partial charge in [-0.3, -0.25) is 0 Å². The fourth-order valence-electron chi connectivity index (χ4n) is 9.14. The number of fused-ring (bicyclic) bond motifs is 11. The van der Waals surface area contributed by atoms with E-state index >= 15 is 0 Å². The Hall–Kier alpha value is -6.90. The van der Waals surface area contributed by atoms with Crippen molar-refractivity contribution in [3.8, 4) is 33.8 Å². The second-order valence-corrected chi connectivity index (χ2v) is 14.0. The summed E-state index contributed by atoms with van der Waals surface area (Å²) in [6.45, 7) is 0. The third-order valence-corrected chi connectivity index (χ3v) is 11.3. The van der Waals surface area contributed by atoms with Crippen LogP contribution in [0.1, 0.15) is 22.3 Å². The molecule has 0 N–H and O–H groups in total. The first-order valence-corrected chi connectivity index (χ1v) is 18.3. The lowest BCUT2D eigenvalue weighted by molar-refractivity contribution is 0.436. The standard InChI is InChI=1S/C51H33NO/c1-2-15-34(16-3-1)37-30-32-48(41-22-7-6-20-39(37)41)52(47-26-14-18-35-17-4-5-19-38(35)47)36-29-31-44-42(33-36)40-21-8-9-23-43(40)51(44)45-24-10-12-27-49(45)53-50-28-13-11-25-46(50)51/h1-33H. The lowest BCUT2D eigenvalue weighted by atomic mass is 9.66. The van der Waals surface area contributed by atoms with Crippen LogP contribution in [-0.2, 0) is 5.41 Å². The molecule has 2 nitrogen and oxygen atoms in total. The molecule has 0 saturated carbocycles. The number of anilines is 3. The van der Waals surface area contributed by atoms with Gasteiger partial charge >= 0.3 is 0 Å². The van der Waals surface area contributed by atoms with Crippen LogP contribution >= 0.6 is 0 Å². The molecule has 1 heterocycles. The number of rotatable bonds is 4. The molecule has 1 spiro atoms. The zero-order valence-corrected chi connectivity index (χ0v) is 28.9. The van der Waals surface area contributed by atoms with E-state index in [4.69, 9.17) is 4.74 Å². The first-order chi connectivity index (χ1) is 26.3. The Morgan fingerprint density at radius 1 is 0.358 bits per heavy atom. The zero-order chi connectivity index (χ0) is 34.9. The van der Waals surface area contributed by atoms with Crippen LogP contribution < -0.4 is 9.64 Å². The highest BCUT2D eigenvalue weighted by molar-refractivity contribution is 6.09. The second-order valence-electron chi connectivity index (χ2n) is 14.0. The van der Waals surface area contributed by atoms with Gasteiger partial charge in [0.2, 0.25) is 0 Å². The Kier molecular flexibility index (Phi) is 6.50. The number of ether oxygens (including phenoxy) is 1. The van der Waals surface area contributed by atoms with E-state index in [-0.39, 0.29) is 0 Å². The van der Waals surface area contributed by atoms with Crippen LogP contribution in [0.3, 0.4) is 0 Å². The van der Waals surface area contributed by atoms with Gasteiger partial charge in [0.15, 0.2) is 0 Å². The number of hydrogen-bond acceptors (Lipinski definition) is 2. The summed E-state index contributed by atoms with van der Waals surface area (Å²) in [4.78, 5) is 2.47. The first-order valence-electron chi connectivity index (χ1n) is 18.3. The van der Waals surface area contributed by atoms with E-state index in [0.717, 1.165) is 28.6 Å². The topological polar surface area (TPSA) is 12.5 Å². The molecule has 1 aliphatic heterocycles. The monoisotopic (exact) mass is 675 g/mol. The molecule has 0 atom stereocenters. The van der Waals surface area contributed by atoms with Crippen molar-refractivity contribution in [2.45, 2.75) is 5.41 Å². The number of para-hydroxylation sites is 2. The minimum atomic E-state index is -0.510. The van der Waals surface area contributed by atoms with Crippen molar-refractivity contribution < 1.29 is 4.74 Å². The van der Waals surface area contributed by atoms with Crippen LogP contribution in [0.4, 0.5) is 17.1 Å². The number of nitrogens with zero attached hydrogens (tertiary/aromatic N) is 1. The zero-order valence-electron chi connectivity index (χ0n) is 28.9. The fraction of sp³-hybridized carbons (Fsp3) is 0.0196. The predicted octanol–water partition coefficient (Wildman–Crippen LogP) is 13.6. The highest BCUT2D eigenvalue weighted by Crippen LogP contribution is 2.62. The molecule has 9 aromatic carbocycles. The maximum absolute atomic E-state index is 6.59. The van der Waals surface area contributed by atoms with E-state index < -0.39 is 5.41 Å². The van der Waals surface area contributed by atoms with E-state index in [1.807, 2.05) is 0 Å². The minimum Gasteiger partial charge on any atom is -0.457 e. The van der Waals surface area contributed by atoms with Gasteiger partial charge in [-0.25, -0.2) is 0 Å². The van der Waals surface area contributed by atoms with Gasteiger partial charge in [-0.1, -0.05) is 164 Å². The number of hydrogen-bond donors (Lipinski definition) is 0. The summed E-state index contributed by atoms with van der Waals surface area (Å²) in [5.41, 5.74) is 12.7. The molecule has 0 bridgehead atoms. The van der Waals surface area contributed by atoms with Crippen molar-refractivity contribution in [2.75, 3.05) is 4.90 Å². The SMILES string of the molecule is c1ccc(-c2ccc(N(c3ccc4c(c3)-c3ccccc3C43c4ccccc4Oc4ccccc43)c3cccc4ccccc34)c3ccccc23)cc1. The largest absolute Gasteiger partial charge is 0.457 e. The van der Waals surface area contributed by atoms with Gasteiger partial charge < -0.3 is 9.64 Å². The smallest absolute Gasteiger partial charge is 0.132 e. The highest BCUT2D eigenvalue weighted by atomic mass is 16.5. The third-order valence-electron chi connectivity index (χ3n) is 11.3. The molecule has 0 fully saturated rings. The van der Waals surface area contributed by atoms with Gasteiger partial charge in [0.25, 0.3) is 0 Å². The van der Waals surface area contributed by atoms with Crippen molar-refractivity contribution in [3.05, 3.63) is 222 Å². The summed E-state index contributed by atoms with van der Waals surface area (Å²) in [6.07, 6.45) is 0. The second kappa shape index (κ2) is 11.6. The van der Waals surface area contributed by atoms with Crippen LogP contribution in [0, 0.1) is 0 Å². The Labute approximate surface area is 308 Å². The Bertz CT molecular complexity index is 2840. The molecule has 0 amide bonds. The van der Waals surface area contributed by atoms with Crippen LogP contribution in [0.5, 0.6) is 11.5 Å². The summed E-state index contributed by atoms with van der Waals surface area (Å²) in [5.74, 6) is 1.81. The van der Waals surface area contributed by atoms with E-state index in [9.17, 15) is 0 Å². The van der Waals surface area contributed by atoms with Gasteiger partial charge in [-0.2, -0.15) is 0 Å². The van der Waals surface area contributed by atoms with Crippen LogP contribution in [0.25, 0.3) is 43.8 Å². The Morgan fingerprint density at radius 3 is 1.74 bits per heavy atom. The van der Waals surface area contributed by atoms with E-state index in [2.05, 4.69) is 205 Å². The van der Waals surface area contributed by atoms with Crippen molar-refractivity contribution >= 4 is 38.6 Å². The molecule has 0 saturated heterocycles. The van der Waals surface area contributed by atoms with Gasteiger partial charge in [-0.05, 0) is 80.6 Å². The summed E-state index contributed by atoms with van der Waals surface area (Å²) >= 11 is 0. The summed E-state index contributed by atoms with van der Waals surface area (Å²) in [5, 5.41) is 4.84. The van der Waals surface area contributed by atoms with E-state index in [1.54, 1.807) is 0 Å². The van der Waals surface area contributed by atoms with Crippen molar-refractivity contribution in [2.24, 2.45) is 0 Å². The fourth-order valence-corrected chi connectivity index (χ4v) is 9.14. The molecule has 0 unspecified atom stereocenters. The maximum atomic E-state index is 6.59. The molecular formula is C51H33NO. The molecule has 2 aliphatic rings. The molecule has 9 aromatic rings. The maximum Gasteiger partial charge on any atom is 0.132 e. The quantitative estimate of drug-likeness (QED) is 0.184. The van der Waals surface area contributed by atoms with Gasteiger partial charge in [0.1, 0.15) is 11.5 Å². The summed E-state index contributed by atoms with van der Waals surface area (Å²) in [7, 11) is 0. The van der Waals surface area contributed by atoms with Gasteiger partial charge in [0.05, 0.1) is 16.8 Å². The predicted molar refractivity (Wildman–Crippen MR) is 219 cm³/mol. The Balaban J connectivity index is 1.21. The average molecular weight is 676 g/mol. The van der Waals surface area contributed by atoms with Crippen LogP contribution in [0.2, 0.25) is 0 Å². The van der Waals surface area contributed by atoms with E-state index in [1.165, 1.54) is 66.1 Å². The number of benzene rings is 9. The molecular weight excluding hydrogens is 643 g/mol.